The summed E-state index contributed by atoms with van der Waals surface area (Å²) in [5.41, 5.74) is 0. The number of ether oxygens (including phenoxy) is 4. The van der Waals surface area contributed by atoms with Gasteiger partial charge in [-0.1, -0.05) is 144 Å². The van der Waals surface area contributed by atoms with E-state index in [1.807, 2.05) is 6.08 Å². The lowest BCUT2D eigenvalue weighted by Gasteiger charge is -2.46. The van der Waals surface area contributed by atoms with Gasteiger partial charge in [-0.3, -0.25) is 4.79 Å². The van der Waals surface area contributed by atoms with Gasteiger partial charge in [-0.15, -0.1) is 0 Å². The molecule has 0 spiro atoms. The third-order valence-corrected chi connectivity index (χ3v) is 11.8. The molecule has 0 aromatic rings. The van der Waals surface area contributed by atoms with Crippen molar-refractivity contribution >= 4 is 5.91 Å². The number of unbranched alkanes of at least 4 members (excludes halogenated alkanes) is 12. The lowest BCUT2D eigenvalue weighted by Crippen LogP contribution is -2.65. The standard InChI is InChI=1S/C53H89NO13/c1-3-5-7-9-11-13-15-17-19-20-21-23-24-26-28-30-32-34-36-42(57)41(54-45(58)37-35-33-31-29-27-25-22-18-16-14-12-10-8-6-4-2)40-64-52-50(63)48(61)51(44(39-56)66-52)67-53-49(62)47(60)46(59)43(38-55)65-53/h6,8,12,14,18,20-22,26-29,34,36,41-44,46-53,55-57,59-63H,3-5,7,9-11,13,15-17,19,23-25,30-33,35,37-40H2,1-2H3,(H,54,58)/b8-6-,14-12-,21-20+,22-18-,28-26+,29-27-,36-34+. The van der Waals surface area contributed by atoms with Gasteiger partial charge in [0.1, 0.15) is 48.8 Å². The van der Waals surface area contributed by atoms with Crippen LogP contribution in [-0.2, 0) is 23.7 Å². The van der Waals surface area contributed by atoms with Crippen LogP contribution >= 0.6 is 0 Å². The van der Waals surface area contributed by atoms with E-state index in [2.05, 4.69) is 92.1 Å². The SMILES string of the molecule is CC/C=C\C/C=C\C/C=C\C/C=C\CCCCC(=O)NC(COC1OC(CO)C(OC2OC(CO)C(O)C(O)C2O)C(O)C1O)C(O)/C=C/CC/C=C/CC/C=C/CCCCCCCCCC. The number of carbonyl (C=O) groups excluding carboxylic acids is 1. The summed E-state index contributed by atoms with van der Waals surface area (Å²) in [6.45, 7) is 2.58. The summed E-state index contributed by atoms with van der Waals surface area (Å²) < 4.78 is 22.6. The first-order valence-electron chi connectivity index (χ1n) is 25.3. The Morgan fingerprint density at radius 1 is 0.552 bits per heavy atom. The number of aliphatic hydroxyl groups is 8. The first-order valence-corrected chi connectivity index (χ1v) is 25.3. The minimum Gasteiger partial charge on any atom is -0.394 e. The molecule has 2 rings (SSSR count). The highest BCUT2D eigenvalue weighted by Crippen LogP contribution is 2.30. The predicted octanol–water partition coefficient (Wildman–Crippen LogP) is 6.60. The Balaban J connectivity index is 1.91. The summed E-state index contributed by atoms with van der Waals surface area (Å²) in [4.78, 5) is 13.1. The summed E-state index contributed by atoms with van der Waals surface area (Å²) in [6, 6.07) is -0.963. The van der Waals surface area contributed by atoms with E-state index >= 15 is 0 Å². The van der Waals surface area contributed by atoms with Gasteiger partial charge < -0.3 is 65.1 Å². The van der Waals surface area contributed by atoms with Gasteiger partial charge in [-0.05, 0) is 83.5 Å². The van der Waals surface area contributed by atoms with E-state index in [1.165, 1.54) is 51.4 Å². The van der Waals surface area contributed by atoms with Crippen LogP contribution in [0.15, 0.2) is 85.1 Å². The molecule has 0 radical (unpaired) electrons. The molecule has 2 aliphatic rings. The molecule has 384 valence electrons. The summed E-state index contributed by atoms with van der Waals surface area (Å²) in [5, 5.41) is 86.7. The Morgan fingerprint density at radius 2 is 1.04 bits per heavy atom. The zero-order valence-corrected chi connectivity index (χ0v) is 40.6. The van der Waals surface area contributed by atoms with Gasteiger partial charge in [0.15, 0.2) is 12.6 Å². The molecular weight excluding hydrogens is 859 g/mol. The maximum Gasteiger partial charge on any atom is 0.220 e. The van der Waals surface area contributed by atoms with Crippen LogP contribution in [0, 0.1) is 0 Å². The first kappa shape index (κ1) is 60.3. The van der Waals surface area contributed by atoms with Crippen molar-refractivity contribution in [3.8, 4) is 0 Å². The highest BCUT2D eigenvalue weighted by molar-refractivity contribution is 5.76. The van der Waals surface area contributed by atoms with Crippen molar-refractivity contribution in [1.29, 1.82) is 0 Å². The van der Waals surface area contributed by atoms with Crippen LogP contribution in [0.25, 0.3) is 0 Å². The number of hydrogen-bond acceptors (Lipinski definition) is 13. The summed E-state index contributed by atoms with van der Waals surface area (Å²) in [6.07, 6.45) is 33.4. The number of hydrogen-bond donors (Lipinski definition) is 9. The highest BCUT2D eigenvalue weighted by atomic mass is 16.7. The molecule has 12 unspecified atom stereocenters. The molecule has 0 aromatic heterocycles. The fraction of sp³-hybridized carbons (Fsp3) is 0.717. The van der Waals surface area contributed by atoms with Crippen molar-refractivity contribution < 1.29 is 64.6 Å². The molecule has 2 aliphatic heterocycles. The first-order chi connectivity index (χ1) is 32.6. The zero-order valence-electron chi connectivity index (χ0n) is 40.6. The van der Waals surface area contributed by atoms with E-state index in [9.17, 15) is 45.6 Å². The lowest BCUT2D eigenvalue weighted by molar-refractivity contribution is -0.359. The van der Waals surface area contributed by atoms with Crippen LogP contribution in [0.5, 0.6) is 0 Å². The second kappa shape index (κ2) is 39.0. The molecular formula is C53H89NO13. The van der Waals surface area contributed by atoms with Crippen molar-refractivity contribution in [2.45, 2.75) is 222 Å². The normalized spacial score (nSPS) is 27.3. The minimum atomic E-state index is -1.80. The van der Waals surface area contributed by atoms with Crippen LogP contribution in [0.1, 0.15) is 149 Å². The van der Waals surface area contributed by atoms with Crippen molar-refractivity contribution in [1.82, 2.24) is 5.32 Å². The van der Waals surface area contributed by atoms with Gasteiger partial charge in [0, 0.05) is 6.42 Å². The quantitative estimate of drug-likeness (QED) is 0.0237. The molecule has 9 N–H and O–H groups in total. The molecule has 0 saturated carbocycles. The van der Waals surface area contributed by atoms with Crippen molar-refractivity contribution in [2.24, 2.45) is 0 Å². The van der Waals surface area contributed by atoms with Crippen molar-refractivity contribution in [3.05, 3.63) is 85.1 Å². The summed E-state index contributed by atoms with van der Waals surface area (Å²) >= 11 is 0. The van der Waals surface area contributed by atoms with Crippen LogP contribution < -0.4 is 5.32 Å². The Bertz CT molecular complexity index is 1450. The van der Waals surface area contributed by atoms with Gasteiger partial charge in [0.25, 0.3) is 0 Å². The third-order valence-electron chi connectivity index (χ3n) is 11.8. The van der Waals surface area contributed by atoms with Gasteiger partial charge in [0.2, 0.25) is 5.91 Å². The maximum absolute atomic E-state index is 13.1. The predicted molar refractivity (Wildman–Crippen MR) is 263 cm³/mol. The van der Waals surface area contributed by atoms with E-state index in [0.29, 0.717) is 12.8 Å². The molecule has 67 heavy (non-hydrogen) atoms. The Hall–Kier alpha value is -2.83. The number of amides is 1. The smallest absolute Gasteiger partial charge is 0.220 e. The molecule has 2 saturated heterocycles. The van der Waals surface area contributed by atoms with Crippen LogP contribution in [-0.4, -0.2) is 140 Å². The molecule has 2 heterocycles. The molecule has 12 atom stereocenters. The van der Waals surface area contributed by atoms with E-state index < -0.39 is 86.8 Å². The molecule has 1 amide bonds. The fourth-order valence-corrected chi connectivity index (χ4v) is 7.66. The number of rotatable bonds is 37. The van der Waals surface area contributed by atoms with Gasteiger partial charge in [-0.25, -0.2) is 0 Å². The lowest BCUT2D eigenvalue weighted by atomic mass is 9.97. The van der Waals surface area contributed by atoms with E-state index in [1.54, 1.807) is 6.08 Å². The second-order valence-electron chi connectivity index (χ2n) is 17.5. The second-order valence-corrected chi connectivity index (χ2v) is 17.5. The van der Waals surface area contributed by atoms with Crippen LogP contribution in [0.4, 0.5) is 0 Å². The molecule has 0 aliphatic carbocycles. The van der Waals surface area contributed by atoms with Gasteiger partial charge in [0.05, 0.1) is 32.0 Å². The topological polar surface area (TPSA) is 228 Å². The average Bonchev–Trinajstić information content (AvgIpc) is 3.32. The highest BCUT2D eigenvalue weighted by Gasteiger charge is 2.51. The van der Waals surface area contributed by atoms with Crippen LogP contribution in [0.3, 0.4) is 0 Å². The number of carbonyl (C=O) groups is 1. The number of allylic oxidation sites excluding steroid dienone is 13. The van der Waals surface area contributed by atoms with Gasteiger partial charge >= 0.3 is 0 Å². The number of nitrogens with one attached hydrogen (secondary N) is 1. The Kier molecular flexibility index (Phi) is 35.1. The molecule has 14 heteroatoms. The van der Waals surface area contributed by atoms with Crippen molar-refractivity contribution in [3.63, 3.8) is 0 Å². The number of aliphatic hydroxyl groups excluding tert-OH is 8. The van der Waals surface area contributed by atoms with E-state index in [0.717, 1.165) is 64.2 Å². The summed E-state index contributed by atoms with van der Waals surface area (Å²) in [5.74, 6) is -0.299. The third kappa shape index (κ3) is 26.1. The zero-order chi connectivity index (χ0) is 48.9. The fourth-order valence-electron chi connectivity index (χ4n) is 7.66. The van der Waals surface area contributed by atoms with E-state index in [4.69, 9.17) is 18.9 Å². The monoisotopic (exact) mass is 948 g/mol. The summed E-state index contributed by atoms with van der Waals surface area (Å²) in [7, 11) is 0. The van der Waals surface area contributed by atoms with E-state index in [-0.39, 0.29) is 18.9 Å². The van der Waals surface area contributed by atoms with Crippen molar-refractivity contribution in [2.75, 3.05) is 19.8 Å². The molecule has 14 nitrogen and oxygen atoms in total. The molecule has 0 bridgehead atoms. The average molecular weight is 948 g/mol. The largest absolute Gasteiger partial charge is 0.394 e. The van der Waals surface area contributed by atoms with Crippen LogP contribution in [0.2, 0.25) is 0 Å². The Labute approximate surface area is 401 Å². The minimum absolute atomic E-state index is 0.213. The molecule has 2 fully saturated rings. The molecule has 0 aromatic carbocycles. The van der Waals surface area contributed by atoms with Gasteiger partial charge in [-0.2, -0.15) is 0 Å². The maximum atomic E-state index is 13.1. The Morgan fingerprint density at radius 3 is 1.64 bits per heavy atom.